The second-order valence-corrected chi connectivity index (χ2v) is 10.4. The fourth-order valence-corrected chi connectivity index (χ4v) is 5.47. The van der Waals surface area contributed by atoms with Crippen molar-refractivity contribution in [1.82, 2.24) is 15.5 Å². The molecule has 206 valence electrons. The molecule has 2 amide bonds. The Morgan fingerprint density at radius 1 is 0.950 bits per heavy atom. The van der Waals surface area contributed by atoms with E-state index in [1.165, 1.54) is 12.1 Å². The molecule has 1 heterocycles. The Bertz CT molecular complexity index is 1410. The van der Waals surface area contributed by atoms with E-state index >= 15 is 0 Å². The van der Waals surface area contributed by atoms with E-state index in [4.69, 9.17) is 5.73 Å². The smallest absolute Gasteiger partial charge is 0.251 e. The van der Waals surface area contributed by atoms with E-state index in [0.717, 1.165) is 21.9 Å². The number of nitrogens with two attached hydrogens (primary N) is 1. The molecule has 5 rings (SSSR count). The van der Waals surface area contributed by atoms with Gasteiger partial charge in [0, 0.05) is 37.2 Å². The molecule has 4 aromatic rings. The third-order valence-electron chi connectivity index (χ3n) is 7.63. The number of hydrogen-bond donors (Lipinski definition) is 3. The van der Waals surface area contributed by atoms with Crippen LogP contribution in [-0.4, -0.2) is 55.0 Å². The number of halogens is 1. The first-order valence-electron chi connectivity index (χ1n) is 13.8. The molecular weight excluding hydrogens is 503 g/mol. The van der Waals surface area contributed by atoms with Crippen LogP contribution in [-0.2, 0) is 4.79 Å². The predicted octanol–water partition coefficient (Wildman–Crippen LogP) is 4.45. The fraction of sp³-hybridized carbons (Fsp3) is 0.273. The summed E-state index contributed by atoms with van der Waals surface area (Å²) in [4.78, 5) is 28.6. The first-order valence-corrected chi connectivity index (χ1v) is 13.8. The van der Waals surface area contributed by atoms with E-state index in [0.29, 0.717) is 44.6 Å². The Labute approximate surface area is 234 Å². The van der Waals surface area contributed by atoms with Crippen LogP contribution in [0, 0.1) is 5.82 Å². The summed E-state index contributed by atoms with van der Waals surface area (Å²) in [6.45, 7) is 1.90. The van der Waals surface area contributed by atoms with Crippen LogP contribution in [0.4, 0.5) is 4.39 Å². The second kappa shape index (κ2) is 12.9. The molecule has 4 aromatic carbocycles. The fourth-order valence-electron chi connectivity index (χ4n) is 5.47. The van der Waals surface area contributed by atoms with Gasteiger partial charge in [0.15, 0.2) is 0 Å². The summed E-state index contributed by atoms with van der Waals surface area (Å²) < 4.78 is 13.5. The third kappa shape index (κ3) is 6.55. The van der Waals surface area contributed by atoms with E-state index in [1.807, 2.05) is 41.3 Å². The van der Waals surface area contributed by atoms with Gasteiger partial charge in [-0.3, -0.25) is 9.59 Å². The van der Waals surface area contributed by atoms with Crippen LogP contribution < -0.4 is 16.4 Å². The van der Waals surface area contributed by atoms with E-state index in [2.05, 4.69) is 34.9 Å². The zero-order chi connectivity index (χ0) is 27.9. The van der Waals surface area contributed by atoms with Gasteiger partial charge in [-0.2, -0.15) is 0 Å². The number of rotatable bonds is 9. The zero-order valence-corrected chi connectivity index (χ0v) is 22.4. The van der Waals surface area contributed by atoms with Crippen LogP contribution in [0.1, 0.15) is 40.2 Å². The normalized spacial score (nSPS) is 17.7. The summed E-state index contributed by atoms with van der Waals surface area (Å²) in [6, 6.07) is 29.8. The number of amides is 2. The summed E-state index contributed by atoms with van der Waals surface area (Å²) in [5.74, 6) is -0.428. The number of hydrogen-bond acceptors (Lipinski definition) is 4. The van der Waals surface area contributed by atoms with Gasteiger partial charge in [0.25, 0.3) is 5.91 Å². The highest BCUT2D eigenvalue weighted by Crippen LogP contribution is 2.27. The molecule has 40 heavy (non-hydrogen) atoms. The molecule has 6 nitrogen and oxygen atoms in total. The SMILES string of the molecule is NCC[C@@H]1NC(CNC(=O)c2ccc3cc(F)ccc3c2)CCN(CC(c2ccccc2)c2ccccc2)C1=O. The lowest BCUT2D eigenvalue weighted by Crippen LogP contribution is -2.49. The highest BCUT2D eigenvalue weighted by Gasteiger charge is 2.32. The van der Waals surface area contributed by atoms with Crippen LogP contribution in [0.2, 0.25) is 0 Å². The van der Waals surface area contributed by atoms with Crippen LogP contribution >= 0.6 is 0 Å². The molecule has 1 saturated heterocycles. The van der Waals surface area contributed by atoms with Crippen molar-refractivity contribution in [1.29, 1.82) is 0 Å². The summed E-state index contributed by atoms with van der Waals surface area (Å²) in [5.41, 5.74) is 8.73. The molecule has 0 aromatic heterocycles. The maximum absolute atomic E-state index is 13.7. The zero-order valence-electron chi connectivity index (χ0n) is 22.4. The molecule has 1 unspecified atom stereocenters. The average Bonchev–Trinajstić information content (AvgIpc) is 3.13. The molecule has 7 heteroatoms. The lowest BCUT2D eigenvalue weighted by Gasteiger charge is -2.29. The minimum absolute atomic E-state index is 0.0397. The Kier molecular flexibility index (Phi) is 8.84. The van der Waals surface area contributed by atoms with Crippen molar-refractivity contribution < 1.29 is 14.0 Å². The van der Waals surface area contributed by atoms with Crippen LogP contribution in [0.15, 0.2) is 97.1 Å². The molecule has 0 aliphatic carbocycles. The Morgan fingerprint density at radius 2 is 1.60 bits per heavy atom. The Morgan fingerprint density at radius 3 is 2.27 bits per heavy atom. The van der Waals surface area contributed by atoms with Crippen LogP contribution in [0.5, 0.6) is 0 Å². The standard InChI is InChI=1S/C33H35FN4O2/c34-28-14-13-25-19-27(12-11-26(25)20-28)32(39)36-21-29-16-18-38(33(40)31(37-29)15-17-35)22-30(23-7-3-1-4-8-23)24-9-5-2-6-10-24/h1-14,19-20,29-31,37H,15-18,21-22,35H2,(H,36,39)/t29?,31-/m0/s1. The summed E-state index contributed by atoms with van der Waals surface area (Å²) >= 11 is 0. The maximum Gasteiger partial charge on any atom is 0.251 e. The summed E-state index contributed by atoms with van der Waals surface area (Å²) in [6.07, 6.45) is 1.21. The minimum atomic E-state index is -0.419. The predicted molar refractivity (Wildman–Crippen MR) is 157 cm³/mol. The van der Waals surface area contributed by atoms with Crippen molar-refractivity contribution in [2.45, 2.75) is 30.8 Å². The largest absolute Gasteiger partial charge is 0.350 e. The van der Waals surface area contributed by atoms with Gasteiger partial charge < -0.3 is 21.3 Å². The van der Waals surface area contributed by atoms with Crippen molar-refractivity contribution in [2.75, 3.05) is 26.2 Å². The molecule has 1 aliphatic heterocycles. The van der Waals surface area contributed by atoms with Crippen LogP contribution in [0.3, 0.4) is 0 Å². The number of carbonyl (C=O) groups is 2. The lowest BCUT2D eigenvalue weighted by molar-refractivity contribution is -0.133. The quantitative estimate of drug-likeness (QED) is 0.294. The maximum atomic E-state index is 13.7. The molecule has 0 saturated carbocycles. The third-order valence-corrected chi connectivity index (χ3v) is 7.63. The van der Waals surface area contributed by atoms with Gasteiger partial charge in [0.2, 0.25) is 5.91 Å². The second-order valence-electron chi connectivity index (χ2n) is 10.4. The van der Waals surface area contributed by atoms with E-state index in [9.17, 15) is 14.0 Å². The molecular formula is C33H35FN4O2. The molecule has 4 N–H and O–H groups in total. The first kappa shape index (κ1) is 27.5. The molecule has 0 spiro atoms. The minimum Gasteiger partial charge on any atom is -0.350 e. The molecule has 1 aliphatic rings. The van der Waals surface area contributed by atoms with Gasteiger partial charge in [-0.1, -0.05) is 72.8 Å². The van der Waals surface area contributed by atoms with Crippen molar-refractivity contribution in [3.8, 4) is 0 Å². The number of nitrogens with one attached hydrogen (secondary N) is 2. The van der Waals surface area contributed by atoms with E-state index in [1.54, 1.807) is 24.3 Å². The number of nitrogens with zero attached hydrogens (tertiary/aromatic N) is 1. The number of fused-ring (bicyclic) bond motifs is 1. The Hall–Kier alpha value is -4.07. The molecule has 0 radical (unpaired) electrons. The highest BCUT2D eigenvalue weighted by molar-refractivity contribution is 5.98. The summed E-state index contributed by atoms with van der Waals surface area (Å²) in [5, 5.41) is 8.03. The van der Waals surface area contributed by atoms with Gasteiger partial charge in [-0.05, 0) is 65.6 Å². The first-order chi connectivity index (χ1) is 19.5. The van der Waals surface area contributed by atoms with Gasteiger partial charge in [-0.25, -0.2) is 4.39 Å². The van der Waals surface area contributed by atoms with Crippen molar-refractivity contribution in [3.63, 3.8) is 0 Å². The monoisotopic (exact) mass is 538 g/mol. The summed E-state index contributed by atoms with van der Waals surface area (Å²) in [7, 11) is 0. The van der Waals surface area contributed by atoms with Crippen molar-refractivity contribution in [2.24, 2.45) is 5.73 Å². The van der Waals surface area contributed by atoms with Gasteiger partial charge in [-0.15, -0.1) is 0 Å². The highest BCUT2D eigenvalue weighted by atomic mass is 19.1. The topological polar surface area (TPSA) is 87.5 Å². The van der Waals surface area contributed by atoms with E-state index < -0.39 is 6.04 Å². The van der Waals surface area contributed by atoms with Gasteiger partial charge >= 0.3 is 0 Å². The van der Waals surface area contributed by atoms with Gasteiger partial charge in [0.05, 0.1) is 6.04 Å². The Balaban J connectivity index is 1.28. The lowest BCUT2D eigenvalue weighted by atomic mass is 9.90. The number of benzene rings is 4. The molecule has 0 bridgehead atoms. The molecule has 2 atom stereocenters. The van der Waals surface area contributed by atoms with Crippen molar-refractivity contribution in [3.05, 3.63) is 120 Å². The van der Waals surface area contributed by atoms with Crippen LogP contribution in [0.25, 0.3) is 10.8 Å². The van der Waals surface area contributed by atoms with Crippen molar-refractivity contribution >= 4 is 22.6 Å². The number of carbonyl (C=O) groups excluding carboxylic acids is 2. The average molecular weight is 539 g/mol. The van der Waals surface area contributed by atoms with E-state index in [-0.39, 0.29) is 29.6 Å². The molecule has 1 fully saturated rings. The van der Waals surface area contributed by atoms with Gasteiger partial charge in [0.1, 0.15) is 5.82 Å².